The normalized spacial score (nSPS) is 26.5. The second-order valence-electron chi connectivity index (χ2n) is 11.0. The number of hydrogen-bond donors (Lipinski definition) is 1. The number of carbonyl (C=O) groups excluding carboxylic acids is 1. The van der Waals surface area contributed by atoms with Gasteiger partial charge in [-0.15, -0.1) is 0 Å². The quantitative estimate of drug-likeness (QED) is 0.543. The molecular formula is C28H36N2O5S. The highest BCUT2D eigenvalue weighted by molar-refractivity contribution is 7.92. The maximum Gasteiger partial charge on any atom is 0.241 e. The Morgan fingerprint density at radius 1 is 0.944 bits per heavy atom. The Balaban J connectivity index is 1.27. The zero-order valence-electron chi connectivity index (χ0n) is 21.3. The first-order chi connectivity index (χ1) is 17.2. The average molecular weight is 513 g/mol. The molecule has 1 N–H and O–H groups in total. The fourth-order valence-electron chi connectivity index (χ4n) is 7.22. The van der Waals surface area contributed by atoms with Crippen molar-refractivity contribution in [2.24, 2.45) is 17.8 Å². The van der Waals surface area contributed by atoms with Crippen LogP contribution in [-0.2, 0) is 26.8 Å². The van der Waals surface area contributed by atoms with Crippen LogP contribution in [0.1, 0.15) is 49.7 Å². The van der Waals surface area contributed by atoms with Crippen LogP contribution in [0, 0.1) is 17.8 Å². The van der Waals surface area contributed by atoms with Crippen molar-refractivity contribution in [3.8, 4) is 11.5 Å². The van der Waals surface area contributed by atoms with Crippen molar-refractivity contribution < 1.29 is 22.7 Å². The third kappa shape index (κ3) is 4.92. The Morgan fingerprint density at radius 2 is 1.53 bits per heavy atom. The lowest BCUT2D eigenvalue weighted by molar-refractivity contribution is -0.119. The summed E-state index contributed by atoms with van der Waals surface area (Å²) in [7, 11) is -0.519. The number of methoxy groups -OCH3 is 2. The Bertz CT molecular complexity index is 1190. The molecule has 2 aromatic carbocycles. The topological polar surface area (TPSA) is 84.9 Å². The Morgan fingerprint density at radius 3 is 2.06 bits per heavy atom. The maximum absolute atomic E-state index is 12.7. The van der Waals surface area contributed by atoms with Crippen LogP contribution >= 0.6 is 0 Å². The van der Waals surface area contributed by atoms with Crippen molar-refractivity contribution in [2.45, 2.75) is 50.5 Å². The minimum atomic E-state index is -3.64. The number of sulfonamides is 1. The molecule has 0 saturated heterocycles. The number of amides is 1. The minimum Gasteiger partial charge on any atom is -0.493 e. The smallest absolute Gasteiger partial charge is 0.241 e. The number of rotatable bonds is 9. The number of nitrogens with zero attached hydrogens (tertiary/aromatic N) is 1. The number of ether oxygens (including phenoxy) is 2. The molecule has 4 fully saturated rings. The molecule has 8 heteroatoms. The molecule has 6 rings (SSSR count). The zero-order valence-corrected chi connectivity index (χ0v) is 22.1. The summed E-state index contributed by atoms with van der Waals surface area (Å²) in [4.78, 5) is 12.7. The molecule has 0 aromatic heterocycles. The molecule has 0 aliphatic heterocycles. The minimum absolute atomic E-state index is 0.250. The van der Waals surface area contributed by atoms with Crippen LogP contribution < -0.4 is 19.1 Å². The molecule has 2 aromatic rings. The first-order valence-corrected chi connectivity index (χ1v) is 14.6. The third-order valence-electron chi connectivity index (χ3n) is 8.43. The van der Waals surface area contributed by atoms with E-state index < -0.39 is 10.0 Å². The second kappa shape index (κ2) is 9.61. The summed E-state index contributed by atoms with van der Waals surface area (Å²) < 4.78 is 37.0. The third-order valence-corrected chi connectivity index (χ3v) is 9.57. The molecule has 0 radical (unpaired) electrons. The van der Waals surface area contributed by atoms with Crippen LogP contribution in [0.3, 0.4) is 0 Å². The van der Waals surface area contributed by atoms with E-state index in [-0.39, 0.29) is 24.4 Å². The lowest BCUT2D eigenvalue weighted by Crippen LogP contribution is -2.48. The van der Waals surface area contributed by atoms with Crippen molar-refractivity contribution in [3.05, 3.63) is 53.6 Å². The number of anilines is 1. The van der Waals surface area contributed by atoms with Gasteiger partial charge in [0.1, 0.15) is 6.54 Å². The molecule has 0 atom stereocenters. The number of nitrogens with one attached hydrogen (secondary N) is 1. The zero-order chi connectivity index (χ0) is 25.5. The van der Waals surface area contributed by atoms with Crippen LogP contribution in [-0.4, -0.2) is 41.3 Å². The lowest BCUT2D eigenvalue weighted by Gasteiger charge is -2.57. The lowest BCUT2D eigenvalue weighted by atomic mass is 9.48. The summed E-state index contributed by atoms with van der Waals surface area (Å²) in [6, 6.07) is 13.3. The van der Waals surface area contributed by atoms with Crippen molar-refractivity contribution in [1.82, 2.24) is 5.32 Å². The van der Waals surface area contributed by atoms with E-state index >= 15 is 0 Å². The molecule has 0 unspecified atom stereocenters. The van der Waals surface area contributed by atoms with Crippen molar-refractivity contribution in [3.63, 3.8) is 0 Å². The first kappa shape index (κ1) is 24.9. The summed E-state index contributed by atoms with van der Waals surface area (Å²) in [5.74, 6) is 3.34. The van der Waals surface area contributed by atoms with Gasteiger partial charge >= 0.3 is 0 Å². The second-order valence-corrected chi connectivity index (χ2v) is 12.9. The number of carbonyl (C=O) groups is 1. The van der Waals surface area contributed by atoms with Crippen LogP contribution in [0.5, 0.6) is 11.5 Å². The summed E-state index contributed by atoms with van der Waals surface area (Å²) in [6.45, 7) is -0.0232. The summed E-state index contributed by atoms with van der Waals surface area (Å²) in [6.07, 6.45) is 9.07. The van der Waals surface area contributed by atoms with Crippen molar-refractivity contribution in [1.29, 1.82) is 0 Å². The monoisotopic (exact) mass is 512 g/mol. The Labute approximate surface area is 214 Å². The predicted octanol–water partition coefficient (Wildman–Crippen LogP) is 4.25. The van der Waals surface area contributed by atoms with Gasteiger partial charge in [0.25, 0.3) is 0 Å². The van der Waals surface area contributed by atoms with E-state index in [0.29, 0.717) is 17.2 Å². The maximum atomic E-state index is 12.7. The number of benzene rings is 2. The van der Waals surface area contributed by atoms with Gasteiger partial charge in [-0.25, -0.2) is 8.42 Å². The molecule has 4 saturated carbocycles. The van der Waals surface area contributed by atoms with Crippen LogP contribution in [0.15, 0.2) is 42.5 Å². The van der Waals surface area contributed by atoms with Gasteiger partial charge in [0, 0.05) is 6.54 Å². The van der Waals surface area contributed by atoms with Gasteiger partial charge in [0.2, 0.25) is 15.9 Å². The fourth-order valence-corrected chi connectivity index (χ4v) is 8.08. The van der Waals surface area contributed by atoms with Crippen molar-refractivity contribution in [2.75, 3.05) is 31.3 Å². The van der Waals surface area contributed by atoms with E-state index in [1.807, 2.05) is 18.2 Å². The Hall–Kier alpha value is -2.74. The average Bonchev–Trinajstić information content (AvgIpc) is 2.84. The highest BCUT2D eigenvalue weighted by Gasteiger charge is 2.51. The fraction of sp³-hybridized carbons (Fsp3) is 0.536. The van der Waals surface area contributed by atoms with Crippen molar-refractivity contribution >= 4 is 21.6 Å². The van der Waals surface area contributed by atoms with Gasteiger partial charge < -0.3 is 14.8 Å². The van der Waals surface area contributed by atoms with Gasteiger partial charge in [0.15, 0.2) is 11.5 Å². The standard InChI is InChI=1S/C28H36N2O5S/c1-34-25-9-4-19(13-26(25)35-2)17-29-27(31)18-30(36(3,32)33)24-7-5-23(6-8-24)28-14-20-10-21(15-28)12-22(11-20)16-28/h4-9,13,20-22H,10-12,14-18H2,1-3H3,(H,29,31). The largest absolute Gasteiger partial charge is 0.493 e. The summed E-state index contributed by atoms with van der Waals surface area (Å²) in [5.41, 5.74) is 2.93. The van der Waals surface area contributed by atoms with E-state index in [1.165, 1.54) is 48.4 Å². The van der Waals surface area contributed by atoms with E-state index in [9.17, 15) is 13.2 Å². The molecule has 4 aliphatic carbocycles. The molecule has 1 amide bonds. The number of hydrogen-bond acceptors (Lipinski definition) is 5. The van der Waals surface area contributed by atoms with E-state index in [1.54, 1.807) is 26.4 Å². The van der Waals surface area contributed by atoms with E-state index in [4.69, 9.17) is 9.47 Å². The molecule has 4 aliphatic rings. The van der Waals surface area contributed by atoms with Gasteiger partial charge in [-0.05, 0) is 97.1 Å². The molecular weight excluding hydrogens is 476 g/mol. The van der Waals surface area contributed by atoms with Gasteiger partial charge in [-0.3, -0.25) is 9.10 Å². The molecule has 36 heavy (non-hydrogen) atoms. The molecule has 194 valence electrons. The van der Waals surface area contributed by atoms with Crippen LogP contribution in [0.25, 0.3) is 0 Å². The van der Waals surface area contributed by atoms with Crippen LogP contribution in [0.2, 0.25) is 0 Å². The van der Waals surface area contributed by atoms with E-state index in [0.717, 1.165) is 29.6 Å². The Kier molecular flexibility index (Phi) is 6.66. The van der Waals surface area contributed by atoms with E-state index in [2.05, 4.69) is 17.4 Å². The van der Waals surface area contributed by atoms with Gasteiger partial charge in [-0.1, -0.05) is 18.2 Å². The van der Waals surface area contributed by atoms with Gasteiger partial charge in [0.05, 0.1) is 26.2 Å². The predicted molar refractivity (Wildman–Crippen MR) is 140 cm³/mol. The highest BCUT2D eigenvalue weighted by atomic mass is 32.2. The summed E-state index contributed by atoms with van der Waals surface area (Å²) in [5, 5.41) is 2.82. The SMILES string of the molecule is COc1ccc(CNC(=O)CN(c2ccc(C34CC5CC(CC(C5)C3)C4)cc2)S(C)(=O)=O)cc1OC. The molecule has 7 nitrogen and oxygen atoms in total. The molecule has 0 heterocycles. The van der Waals surface area contributed by atoms with Gasteiger partial charge in [-0.2, -0.15) is 0 Å². The first-order valence-electron chi connectivity index (χ1n) is 12.7. The molecule has 0 spiro atoms. The highest BCUT2D eigenvalue weighted by Crippen LogP contribution is 2.60. The summed E-state index contributed by atoms with van der Waals surface area (Å²) >= 11 is 0. The van der Waals surface area contributed by atoms with Crippen LogP contribution in [0.4, 0.5) is 5.69 Å². The molecule has 4 bridgehead atoms.